The van der Waals surface area contributed by atoms with Crippen LogP contribution in [0.4, 0.5) is 5.82 Å². The second-order valence-electron chi connectivity index (χ2n) is 6.19. The lowest BCUT2D eigenvalue weighted by molar-refractivity contribution is 0.0988. The highest BCUT2D eigenvalue weighted by Crippen LogP contribution is 2.31. The third kappa shape index (κ3) is 2.29. The molecule has 0 saturated heterocycles. The number of benzene rings is 2. The molecule has 3 nitrogen and oxygen atoms in total. The van der Waals surface area contributed by atoms with E-state index in [9.17, 15) is 4.79 Å². The van der Waals surface area contributed by atoms with Crippen molar-refractivity contribution in [1.82, 2.24) is 4.98 Å². The molecule has 1 aliphatic heterocycles. The van der Waals surface area contributed by atoms with Crippen molar-refractivity contribution >= 4 is 22.6 Å². The van der Waals surface area contributed by atoms with E-state index < -0.39 is 0 Å². The molecule has 3 heteroatoms. The van der Waals surface area contributed by atoms with Gasteiger partial charge in [0.05, 0.1) is 5.52 Å². The Labute approximate surface area is 135 Å². The topological polar surface area (TPSA) is 33.2 Å². The van der Waals surface area contributed by atoms with Crippen LogP contribution >= 0.6 is 0 Å². The molecule has 0 spiro atoms. The smallest absolute Gasteiger partial charge is 0.259 e. The Hall–Kier alpha value is -2.68. The number of hydrogen-bond acceptors (Lipinski definition) is 2. The number of hydrogen-bond donors (Lipinski definition) is 0. The van der Waals surface area contributed by atoms with E-state index in [-0.39, 0.29) is 5.91 Å². The van der Waals surface area contributed by atoms with Gasteiger partial charge in [0.2, 0.25) is 0 Å². The summed E-state index contributed by atoms with van der Waals surface area (Å²) >= 11 is 0. The zero-order valence-corrected chi connectivity index (χ0v) is 13.3. The SMILES string of the molecule is Cc1cccc(C(=O)N2CCc3cc4cccc(C)c4nc32)c1. The first-order valence-electron chi connectivity index (χ1n) is 7.91. The van der Waals surface area contributed by atoms with Gasteiger partial charge in [-0.1, -0.05) is 35.9 Å². The van der Waals surface area contributed by atoms with Crippen LogP contribution in [0.2, 0.25) is 0 Å². The standard InChI is InChI=1S/C20H18N2O/c1-13-5-3-8-17(11-13)20(23)22-10-9-16-12-15-7-4-6-14(2)18(15)21-19(16)22/h3-8,11-12H,9-10H2,1-2H3. The minimum Gasteiger partial charge on any atom is -0.292 e. The number of rotatable bonds is 1. The monoisotopic (exact) mass is 302 g/mol. The van der Waals surface area contributed by atoms with Crippen molar-refractivity contribution in [3.63, 3.8) is 0 Å². The minimum atomic E-state index is 0.0351. The third-order valence-electron chi connectivity index (χ3n) is 4.47. The maximum atomic E-state index is 12.9. The highest BCUT2D eigenvalue weighted by atomic mass is 16.2. The number of aromatic nitrogens is 1. The molecule has 0 atom stereocenters. The van der Waals surface area contributed by atoms with Crippen LogP contribution in [-0.2, 0) is 6.42 Å². The van der Waals surface area contributed by atoms with Crippen LogP contribution in [0.1, 0.15) is 27.0 Å². The quantitative estimate of drug-likeness (QED) is 0.679. The van der Waals surface area contributed by atoms with Gasteiger partial charge in [0.1, 0.15) is 5.82 Å². The number of nitrogens with zero attached hydrogens (tertiary/aromatic N) is 2. The highest BCUT2D eigenvalue weighted by Gasteiger charge is 2.27. The van der Waals surface area contributed by atoms with Crippen molar-refractivity contribution in [3.8, 4) is 0 Å². The summed E-state index contributed by atoms with van der Waals surface area (Å²) < 4.78 is 0. The maximum absolute atomic E-state index is 12.9. The normalized spacial score (nSPS) is 13.4. The van der Waals surface area contributed by atoms with Crippen LogP contribution in [0.15, 0.2) is 48.5 Å². The van der Waals surface area contributed by atoms with Gasteiger partial charge in [0.15, 0.2) is 0 Å². The summed E-state index contributed by atoms with van der Waals surface area (Å²) in [5.41, 5.74) is 5.10. The Morgan fingerprint density at radius 1 is 1.09 bits per heavy atom. The minimum absolute atomic E-state index is 0.0351. The van der Waals surface area contributed by atoms with Crippen LogP contribution in [0, 0.1) is 13.8 Å². The van der Waals surface area contributed by atoms with E-state index in [2.05, 4.69) is 31.2 Å². The number of aryl methyl sites for hydroxylation is 2. The van der Waals surface area contributed by atoms with E-state index in [1.165, 1.54) is 0 Å². The van der Waals surface area contributed by atoms with Crippen LogP contribution in [-0.4, -0.2) is 17.4 Å². The molecule has 0 fully saturated rings. The summed E-state index contributed by atoms with van der Waals surface area (Å²) in [6.07, 6.45) is 0.865. The zero-order chi connectivity index (χ0) is 16.0. The van der Waals surface area contributed by atoms with Crippen LogP contribution in [0.25, 0.3) is 10.9 Å². The second kappa shape index (κ2) is 5.20. The molecule has 2 aromatic carbocycles. The average molecular weight is 302 g/mol. The lowest BCUT2D eigenvalue weighted by Gasteiger charge is -2.17. The van der Waals surface area contributed by atoms with E-state index in [1.807, 2.05) is 36.1 Å². The molecule has 23 heavy (non-hydrogen) atoms. The van der Waals surface area contributed by atoms with E-state index in [0.29, 0.717) is 6.54 Å². The molecule has 1 amide bonds. The van der Waals surface area contributed by atoms with Crippen molar-refractivity contribution in [2.45, 2.75) is 20.3 Å². The first-order chi connectivity index (χ1) is 11.1. The molecular weight excluding hydrogens is 284 g/mol. The van der Waals surface area contributed by atoms with Gasteiger partial charge in [-0.15, -0.1) is 0 Å². The predicted molar refractivity (Wildman–Crippen MR) is 93.0 cm³/mol. The fraction of sp³-hybridized carbons (Fsp3) is 0.200. The fourth-order valence-electron chi connectivity index (χ4n) is 3.27. The summed E-state index contributed by atoms with van der Waals surface area (Å²) in [4.78, 5) is 19.5. The summed E-state index contributed by atoms with van der Waals surface area (Å²) in [5.74, 6) is 0.853. The Morgan fingerprint density at radius 3 is 2.74 bits per heavy atom. The van der Waals surface area contributed by atoms with Crippen molar-refractivity contribution < 1.29 is 4.79 Å². The van der Waals surface area contributed by atoms with E-state index in [4.69, 9.17) is 4.98 Å². The first-order valence-corrected chi connectivity index (χ1v) is 7.91. The number of pyridine rings is 1. The Bertz CT molecular complexity index is 930. The molecule has 114 valence electrons. The molecule has 0 aliphatic carbocycles. The first kappa shape index (κ1) is 13.9. The van der Waals surface area contributed by atoms with Gasteiger partial charge in [-0.3, -0.25) is 9.69 Å². The molecular formula is C20H18N2O. The molecule has 1 aliphatic rings. The number of amides is 1. The van der Waals surface area contributed by atoms with E-state index >= 15 is 0 Å². The molecule has 3 aromatic rings. The zero-order valence-electron chi connectivity index (χ0n) is 13.3. The van der Waals surface area contributed by atoms with Crippen molar-refractivity contribution in [1.29, 1.82) is 0 Å². The molecule has 0 N–H and O–H groups in total. The second-order valence-corrected chi connectivity index (χ2v) is 6.19. The summed E-state index contributed by atoms with van der Waals surface area (Å²) in [5, 5.41) is 1.15. The van der Waals surface area contributed by atoms with E-state index in [1.54, 1.807) is 0 Å². The van der Waals surface area contributed by atoms with Gasteiger partial charge in [-0.25, -0.2) is 4.98 Å². The highest BCUT2D eigenvalue weighted by molar-refractivity contribution is 6.07. The lowest BCUT2D eigenvalue weighted by atomic mass is 10.1. The number of anilines is 1. The van der Waals surface area contributed by atoms with Gasteiger partial charge in [-0.2, -0.15) is 0 Å². The summed E-state index contributed by atoms with van der Waals surface area (Å²) in [7, 11) is 0. The van der Waals surface area contributed by atoms with Crippen LogP contribution in [0.5, 0.6) is 0 Å². The molecule has 0 unspecified atom stereocenters. The Kier molecular flexibility index (Phi) is 3.15. The van der Waals surface area contributed by atoms with Gasteiger partial charge in [-0.05, 0) is 49.6 Å². The Morgan fingerprint density at radius 2 is 1.91 bits per heavy atom. The molecule has 0 bridgehead atoms. The van der Waals surface area contributed by atoms with Gasteiger partial charge < -0.3 is 0 Å². The van der Waals surface area contributed by atoms with Crippen LogP contribution < -0.4 is 4.90 Å². The molecule has 4 rings (SSSR count). The number of carbonyl (C=O) groups excluding carboxylic acids is 1. The lowest BCUT2D eigenvalue weighted by Crippen LogP contribution is -2.29. The number of carbonyl (C=O) groups is 1. The maximum Gasteiger partial charge on any atom is 0.259 e. The number of fused-ring (bicyclic) bond motifs is 2. The third-order valence-corrected chi connectivity index (χ3v) is 4.47. The van der Waals surface area contributed by atoms with Crippen LogP contribution in [0.3, 0.4) is 0 Å². The van der Waals surface area contributed by atoms with Gasteiger partial charge >= 0.3 is 0 Å². The predicted octanol–water partition coefficient (Wildman–Crippen LogP) is 4.05. The largest absolute Gasteiger partial charge is 0.292 e. The van der Waals surface area contributed by atoms with E-state index in [0.717, 1.165) is 45.4 Å². The van der Waals surface area contributed by atoms with Gasteiger partial charge in [0, 0.05) is 17.5 Å². The fourth-order valence-corrected chi connectivity index (χ4v) is 3.27. The summed E-state index contributed by atoms with van der Waals surface area (Å²) in [6, 6.07) is 16.1. The Balaban J connectivity index is 1.80. The molecule has 2 heterocycles. The molecule has 0 saturated carbocycles. The van der Waals surface area contributed by atoms with Crippen molar-refractivity contribution in [2.24, 2.45) is 0 Å². The summed E-state index contributed by atoms with van der Waals surface area (Å²) in [6.45, 7) is 4.76. The molecule has 0 radical (unpaired) electrons. The molecule has 1 aromatic heterocycles. The van der Waals surface area contributed by atoms with Crippen molar-refractivity contribution in [3.05, 3.63) is 70.8 Å². The number of para-hydroxylation sites is 1. The van der Waals surface area contributed by atoms with Gasteiger partial charge in [0.25, 0.3) is 5.91 Å². The van der Waals surface area contributed by atoms with Crippen molar-refractivity contribution in [2.75, 3.05) is 11.4 Å². The average Bonchev–Trinajstić information content (AvgIpc) is 2.96.